The molecule has 0 saturated heterocycles. The van der Waals surface area contributed by atoms with Crippen LogP contribution in [-0.2, 0) is 0 Å². The Labute approximate surface area is 106 Å². The fourth-order valence-electron chi connectivity index (χ4n) is 1.35. The SMILES string of the molecule is COc1cccc(-c2nc(C(=O)N=[N+]=[N-])cs2)c1. The molecule has 0 radical (unpaired) electrons. The molecule has 7 heteroatoms. The minimum atomic E-state index is -0.678. The molecule has 1 aromatic carbocycles. The topological polar surface area (TPSA) is 88.0 Å². The molecular formula is C11H8N4O2S. The molecule has 0 N–H and O–H groups in total. The number of carbonyl (C=O) groups excluding carboxylic acids is 1. The van der Waals surface area contributed by atoms with Gasteiger partial charge in [0.25, 0.3) is 5.91 Å². The molecule has 90 valence electrons. The van der Waals surface area contributed by atoms with E-state index in [4.69, 9.17) is 10.3 Å². The maximum atomic E-state index is 11.3. The average molecular weight is 260 g/mol. The van der Waals surface area contributed by atoms with E-state index in [1.807, 2.05) is 24.3 Å². The van der Waals surface area contributed by atoms with Gasteiger partial charge in [-0.1, -0.05) is 12.1 Å². The number of thiazole rings is 1. The third kappa shape index (κ3) is 2.48. The van der Waals surface area contributed by atoms with Gasteiger partial charge in [-0.25, -0.2) is 4.98 Å². The van der Waals surface area contributed by atoms with Crippen LogP contribution in [0, 0.1) is 0 Å². The summed E-state index contributed by atoms with van der Waals surface area (Å²) < 4.78 is 5.11. The fourth-order valence-corrected chi connectivity index (χ4v) is 2.14. The van der Waals surface area contributed by atoms with Crippen LogP contribution >= 0.6 is 11.3 Å². The van der Waals surface area contributed by atoms with E-state index in [0.29, 0.717) is 10.8 Å². The molecule has 1 aromatic heterocycles. The molecule has 0 aliphatic rings. The molecule has 0 aliphatic heterocycles. The molecule has 0 aliphatic carbocycles. The van der Waals surface area contributed by atoms with Gasteiger partial charge < -0.3 is 4.74 Å². The highest BCUT2D eigenvalue weighted by molar-refractivity contribution is 7.13. The van der Waals surface area contributed by atoms with Crippen molar-refractivity contribution in [1.82, 2.24) is 4.98 Å². The average Bonchev–Trinajstić information content (AvgIpc) is 2.89. The van der Waals surface area contributed by atoms with E-state index >= 15 is 0 Å². The lowest BCUT2D eigenvalue weighted by molar-refractivity contribution is 0.0996. The van der Waals surface area contributed by atoms with Crippen molar-refractivity contribution in [2.24, 2.45) is 5.11 Å². The zero-order valence-corrected chi connectivity index (χ0v) is 10.2. The number of methoxy groups -OCH3 is 1. The second-order valence-electron chi connectivity index (χ2n) is 3.26. The van der Waals surface area contributed by atoms with Crippen LogP contribution in [0.4, 0.5) is 0 Å². The fraction of sp³-hybridized carbons (Fsp3) is 0.0909. The van der Waals surface area contributed by atoms with E-state index < -0.39 is 5.91 Å². The van der Waals surface area contributed by atoms with Gasteiger partial charge in [0.15, 0.2) is 0 Å². The van der Waals surface area contributed by atoms with E-state index in [-0.39, 0.29) is 5.69 Å². The van der Waals surface area contributed by atoms with Crippen LogP contribution in [0.15, 0.2) is 34.8 Å². The molecular weight excluding hydrogens is 252 g/mol. The van der Waals surface area contributed by atoms with Crippen molar-refractivity contribution in [3.05, 3.63) is 45.8 Å². The zero-order chi connectivity index (χ0) is 13.0. The Morgan fingerprint density at radius 2 is 2.39 bits per heavy atom. The molecule has 2 aromatic rings. The van der Waals surface area contributed by atoms with E-state index in [0.717, 1.165) is 5.56 Å². The molecule has 0 saturated carbocycles. The van der Waals surface area contributed by atoms with Crippen molar-refractivity contribution < 1.29 is 9.53 Å². The van der Waals surface area contributed by atoms with Crippen molar-refractivity contribution in [3.63, 3.8) is 0 Å². The molecule has 2 rings (SSSR count). The molecule has 0 bridgehead atoms. The predicted octanol–water partition coefficient (Wildman–Crippen LogP) is 3.27. The van der Waals surface area contributed by atoms with Gasteiger partial charge in [0.1, 0.15) is 16.5 Å². The van der Waals surface area contributed by atoms with Gasteiger partial charge in [-0.15, -0.1) is 11.3 Å². The Kier molecular flexibility index (Phi) is 3.57. The first kappa shape index (κ1) is 12.1. The maximum Gasteiger partial charge on any atom is 0.268 e. The third-order valence-electron chi connectivity index (χ3n) is 2.18. The van der Waals surface area contributed by atoms with Gasteiger partial charge in [-0.3, -0.25) is 4.79 Å². The van der Waals surface area contributed by atoms with Crippen LogP contribution in [0.1, 0.15) is 10.5 Å². The van der Waals surface area contributed by atoms with Gasteiger partial charge in [0.05, 0.1) is 7.11 Å². The summed E-state index contributed by atoms with van der Waals surface area (Å²) in [7, 11) is 1.58. The molecule has 0 fully saturated rings. The summed E-state index contributed by atoms with van der Waals surface area (Å²) in [5.74, 6) is 0.0357. The summed E-state index contributed by atoms with van der Waals surface area (Å²) in [6, 6.07) is 7.34. The van der Waals surface area contributed by atoms with Gasteiger partial charge in [-0.05, 0) is 22.8 Å². The number of azide groups is 1. The highest BCUT2D eigenvalue weighted by Crippen LogP contribution is 2.26. The van der Waals surface area contributed by atoms with Crippen molar-refractivity contribution >= 4 is 17.2 Å². The van der Waals surface area contributed by atoms with Crippen LogP contribution in [0.2, 0.25) is 0 Å². The summed E-state index contributed by atoms with van der Waals surface area (Å²) >= 11 is 1.31. The first-order valence-electron chi connectivity index (χ1n) is 4.94. The Morgan fingerprint density at radius 1 is 1.56 bits per heavy atom. The first-order chi connectivity index (χ1) is 8.74. The second kappa shape index (κ2) is 5.31. The molecule has 0 spiro atoms. The van der Waals surface area contributed by atoms with E-state index in [1.54, 1.807) is 12.5 Å². The minimum Gasteiger partial charge on any atom is -0.497 e. The molecule has 18 heavy (non-hydrogen) atoms. The van der Waals surface area contributed by atoms with Crippen LogP contribution in [-0.4, -0.2) is 18.0 Å². The summed E-state index contributed by atoms with van der Waals surface area (Å²) in [5.41, 5.74) is 9.18. The number of aromatic nitrogens is 1. The molecule has 6 nitrogen and oxygen atoms in total. The van der Waals surface area contributed by atoms with E-state index in [2.05, 4.69) is 15.0 Å². The summed E-state index contributed by atoms with van der Waals surface area (Å²) in [6.45, 7) is 0. The summed E-state index contributed by atoms with van der Waals surface area (Å²) in [6.07, 6.45) is 0. The number of carbonyl (C=O) groups is 1. The molecule has 1 heterocycles. The number of nitrogens with zero attached hydrogens (tertiary/aromatic N) is 4. The van der Waals surface area contributed by atoms with Gasteiger partial charge in [0, 0.05) is 15.9 Å². The monoisotopic (exact) mass is 260 g/mol. The van der Waals surface area contributed by atoms with E-state index in [1.165, 1.54) is 11.3 Å². The quantitative estimate of drug-likeness (QED) is 0.482. The van der Waals surface area contributed by atoms with Crippen molar-refractivity contribution in [2.75, 3.05) is 7.11 Å². The number of hydrogen-bond donors (Lipinski definition) is 0. The largest absolute Gasteiger partial charge is 0.497 e. The second-order valence-corrected chi connectivity index (χ2v) is 4.12. The zero-order valence-electron chi connectivity index (χ0n) is 9.40. The lowest BCUT2D eigenvalue weighted by Crippen LogP contribution is -1.93. The maximum absolute atomic E-state index is 11.3. The minimum absolute atomic E-state index is 0.149. The van der Waals surface area contributed by atoms with Crippen molar-refractivity contribution in [1.29, 1.82) is 0 Å². The highest BCUT2D eigenvalue weighted by Gasteiger charge is 2.10. The standard InChI is InChI=1S/C11H8N4O2S/c1-17-8-4-2-3-7(5-8)11-13-9(6-18-11)10(16)14-15-12/h2-6H,1H3. The number of rotatable bonds is 3. The normalized spacial score (nSPS) is 9.61. The van der Waals surface area contributed by atoms with Crippen LogP contribution in [0.3, 0.4) is 0 Å². The van der Waals surface area contributed by atoms with Crippen LogP contribution in [0.25, 0.3) is 21.0 Å². The smallest absolute Gasteiger partial charge is 0.268 e. The summed E-state index contributed by atoms with van der Waals surface area (Å²) in [5, 5.41) is 5.23. The van der Waals surface area contributed by atoms with Crippen molar-refractivity contribution in [3.8, 4) is 16.3 Å². The number of ether oxygens (including phenoxy) is 1. The predicted molar refractivity (Wildman–Crippen MR) is 67.6 cm³/mol. The third-order valence-corrected chi connectivity index (χ3v) is 3.07. The van der Waals surface area contributed by atoms with Gasteiger partial charge >= 0.3 is 0 Å². The molecule has 0 atom stereocenters. The molecule has 0 unspecified atom stereocenters. The van der Waals surface area contributed by atoms with Crippen LogP contribution in [0.5, 0.6) is 5.75 Å². The Morgan fingerprint density at radius 3 is 3.11 bits per heavy atom. The lowest BCUT2D eigenvalue weighted by atomic mass is 10.2. The summed E-state index contributed by atoms with van der Waals surface area (Å²) in [4.78, 5) is 17.9. The first-order valence-corrected chi connectivity index (χ1v) is 5.82. The lowest BCUT2D eigenvalue weighted by Gasteiger charge is -2.00. The van der Waals surface area contributed by atoms with Crippen LogP contribution < -0.4 is 4.74 Å². The Bertz CT molecular complexity index is 631. The Balaban J connectivity index is 2.34. The van der Waals surface area contributed by atoms with Gasteiger partial charge in [0.2, 0.25) is 0 Å². The number of hydrogen-bond acceptors (Lipinski definition) is 4. The van der Waals surface area contributed by atoms with Crippen molar-refractivity contribution in [2.45, 2.75) is 0 Å². The Hall–Kier alpha value is -2.37. The molecule has 1 amide bonds. The van der Waals surface area contributed by atoms with E-state index in [9.17, 15) is 4.79 Å². The number of amides is 1. The highest BCUT2D eigenvalue weighted by atomic mass is 32.1. The van der Waals surface area contributed by atoms with Gasteiger partial charge in [-0.2, -0.15) is 0 Å². The number of benzene rings is 1.